The molecular formula is C26H23Cl2NO7. The molecule has 3 aromatic rings. The molecule has 0 saturated carbocycles. The standard InChI is InChI=1S/C26H23Cl2NO7/c1-34-19-12-16(24(31)32)13-20(35-2)22(19)26(25(33)36-3,14-15-8-5-4-6-9-15)29-23(30)21-17(27)10-7-11-18(21)28/h4-13H,14H2,1-3H3,(H,29,30)(H,31,32)/t26-/m1/s1. The molecular weight excluding hydrogens is 509 g/mol. The number of methoxy groups -OCH3 is 3. The van der Waals surface area contributed by atoms with Crippen LogP contribution in [0.3, 0.4) is 0 Å². The maximum absolute atomic E-state index is 13.6. The highest BCUT2D eigenvalue weighted by atomic mass is 35.5. The maximum Gasteiger partial charge on any atom is 0.336 e. The second-order valence-electron chi connectivity index (χ2n) is 7.67. The van der Waals surface area contributed by atoms with E-state index in [4.69, 9.17) is 37.4 Å². The number of hydrogen-bond acceptors (Lipinski definition) is 6. The Kier molecular flexibility index (Phi) is 8.45. The molecule has 10 heteroatoms. The zero-order valence-corrected chi connectivity index (χ0v) is 21.1. The van der Waals surface area contributed by atoms with Gasteiger partial charge in [-0.15, -0.1) is 0 Å². The second kappa shape index (κ2) is 11.3. The van der Waals surface area contributed by atoms with Gasteiger partial charge in [-0.25, -0.2) is 9.59 Å². The molecule has 0 bridgehead atoms. The molecule has 0 unspecified atom stereocenters. The van der Waals surface area contributed by atoms with Crippen molar-refractivity contribution in [3.05, 3.63) is 93.0 Å². The number of esters is 1. The van der Waals surface area contributed by atoms with Gasteiger partial charge in [-0.05, 0) is 29.8 Å². The Hall–Kier alpha value is -3.75. The Balaban J connectivity index is 2.36. The molecule has 0 aromatic heterocycles. The fraction of sp³-hybridized carbons (Fsp3) is 0.192. The van der Waals surface area contributed by atoms with Gasteiger partial charge < -0.3 is 24.6 Å². The second-order valence-corrected chi connectivity index (χ2v) is 8.49. The number of aromatic carboxylic acids is 1. The Morgan fingerprint density at radius 1 is 0.889 bits per heavy atom. The molecule has 1 atom stereocenters. The van der Waals surface area contributed by atoms with Crippen LogP contribution in [0.15, 0.2) is 60.7 Å². The number of amides is 1. The molecule has 0 aliphatic carbocycles. The van der Waals surface area contributed by atoms with Crippen molar-refractivity contribution in [2.24, 2.45) is 0 Å². The molecule has 3 aromatic carbocycles. The minimum Gasteiger partial charge on any atom is -0.496 e. The molecule has 0 aliphatic heterocycles. The normalized spacial score (nSPS) is 12.2. The summed E-state index contributed by atoms with van der Waals surface area (Å²) >= 11 is 12.5. The van der Waals surface area contributed by atoms with Gasteiger partial charge in [0.25, 0.3) is 5.91 Å². The number of carboxylic acid groups (broad SMARTS) is 1. The zero-order valence-electron chi connectivity index (χ0n) is 19.6. The van der Waals surface area contributed by atoms with Crippen LogP contribution in [0, 0.1) is 0 Å². The summed E-state index contributed by atoms with van der Waals surface area (Å²) in [6.45, 7) is 0. The third kappa shape index (κ3) is 5.24. The molecule has 36 heavy (non-hydrogen) atoms. The number of nitrogens with one attached hydrogen (secondary N) is 1. The highest BCUT2D eigenvalue weighted by Gasteiger charge is 2.48. The zero-order chi connectivity index (χ0) is 26.5. The molecule has 0 radical (unpaired) electrons. The number of carbonyl (C=O) groups is 3. The first-order chi connectivity index (χ1) is 17.2. The molecule has 188 valence electrons. The van der Waals surface area contributed by atoms with E-state index in [0.29, 0.717) is 5.56 Å². The molecule has 2 N–H and O–H groups in total. The number of carboxylic acids is 1. The lowest BCUT2D eigenvalue weighted by Gasteiger charge is -2.35. The van der Waals surface area contributed by atoms with Crippen LogP contribution in [0.25, 0.3) is 0 Å². The summed E-state index contributed by atoms with van der Waals surface area (Å²) in [5.41, 5.74) is -1.43. The number of halogens is 2. The largest absolute Gasteiger partial charge is 0.496 e. The van der Waals surface area contributed by atoms with Gasteiger partial charge in [-0.3, -0.25) is 4.79 Å². The maximum atomic E-state index is 13.6. The summed E-state index contributed by atoms with van der Waals surface area (Å²) in [6.07, 6.45) is -0.104. The average Bonchev–Trinajstić information content (AvgIpc) is 2.87. The predicted molar refractivity (Wildman–Crippen MR) is 134 cm³/mol. The Morgan fingerprint density at radius 3 is 1.92 bits per heavy atom. The van der Waals surface area contributed by atoms with E-state index in [1.54, 1.807) is 36.4 Å². The lowest BCUT2D eigenvalue weighted by atomic mass is 9.81. The van der Waals surface area contributed by atoms with Crippen molar-refractivity contribution in [3.8, 4) is 11.5 Å². The molecule has 0 heterocycles. The van der Waals surface area contributed by atoms with Crippen molar-refractivity contribution in [1.29, 1.82) is 0 Å². The van der Waals surface area contributed by atoms with E-state index in [2.05, 4.69) is 5.32 Å². The third-order valence-corrected chi connectivity index (χ3v) is 6.17. The van der Waals surface area contributed by atoms with Crippen LogP contribution in [0.5, 0.6) is 11.5 Å². The third-order valence-electron chi connectivity index (χ3n) is 5.54. The predicted octanol–water partition coefficient (Wildman–Crippen LogP) is 4.75. The van der Waals surface area contributed by atoms with E-state index < -0.39 is 23.4 Å². The van der Waals surface area contributed by atoms with Crippen LogP contribution < -0.4 is 14.8 Å². The summed E-state index contributed by atoms with van der Waals surface area (Å²) < 4.78 is 16.2. The summed E-state index contributed by atoms with van der Waals surface area (Å²) in [4.78, 5) is 38.9. The topological polar surface area (TPSA) is 111 Å². The number of hydrogen-bond donors (Lipinski definition) is 2. The van der Waals surface area contributed by atoms with Crippen molar-refractivity contribution in [2.75, 3.05) is 21.3 Å². The minimum atomic E-state index is -1.94. The van der Waals surface area contributed by atoms with E-state index in [9.17, 15) is 19.5 Å². The van der Waals surface area contributed by atoms with E-state index >= 15 is 0 Å². The Bertz CT molecular complexity index is 1250. The molecule has 0 aliphatic rings. The Labute approximate surface area is 217 Å². The number of carbonyl (C=O) groups excluding carboxylic acids is 2. The highest BCUT2D eigenvalue weighted by molar-refractivity contribution is 6.39. The lowest BCUT2D eigenvalue weighted by Crippen LogP contribution is -2.54. The van der Waals surface area contributed by atoms with Crippen molar-refractivity contribution in [3.63, 3.8) is 0 Å². The first-order valence-corrected chi connectivity index (χ1v) is 11.3. The molecule has 8 nitrogen and oxygen atoms in total. The van der Waals surface area contributed by atoms with Gasteiger partial charge in [-0.2, -0.15) is 0 Å². The lowest BCUT2D eigenvalue weighted by molar-refractivity contribution is -0.149. The van der Waals surface area contributed by atoms with Crippen LogP contribution >= 0.6 is 23.2 Å². The van der Waals surface area contributed by atoms with Crippen molar-refractivity contribution in [1.82, 2.24) is 5.32 Å². The summed E-state index contributed by atoms with van der Waals surface area (Å²) in [5.74, 6) is -2.89. The first-order valence-electron chi connectivity index (χ1n) is 10.6. The molecule has 0 saturated heterocycles. The quantitative estimate of drug-likeness (QED) is 0.383. The van der Waals surface area contributed by atoms with Crippen LogP contribution in [0.4, 0.5) is 0 Å². The van der Waals surface area contributed by atoms with Crippen LogP contribution in [0.1, 0.15) is 31.8 Å². The van der Waals surface area contributed by atoms with Gasteiger partial charge in [0.05, 0.1) is 48.1 Å². The van der Waals surface area contributed by atoms with Crippen molar-refractivity contribution in [2.45, 2.75) is 12.0 Å². The summed E-state index contributed by atoms with van der Waals surface area (Å²) in [7, 11) is 3.78. The van der Waals surface area contributed by atoms with E-state index in [1.807, 2.05) is 0 Å². The first kappa shape index (κ1) is 26.8. The van der Waals surface area contributed by atoms with Crippen LogP contribution in [-0.2, 0) is 21.5 Å². The smallest absolute Gasteiger partial charge is 0.336 e. The van der Waals surface area contributed by atoms with Crippen LogP contribution in [0.2, 0.25) is 10.0 Å². The molecule has 0 spiro atoms. The highest BCUT2D eigenvalue weighted by Crippen LogP contribution is 2.42. The Morgan fingerprint density at radius 2 is 1.44 bits per heavy atom. The van der Waals surface area contributed by atoms with Crippen molar-refractivity contribution < 1.29 is 33.7 Å². The van der Waals surface area contributed by atoms with E-state index in [-0.39, 0.29) is 44.7 Å². The molecule has 0 fully saturated rings. The van der Waals surface area contributed by atoms with E-state index in [1.165, 1.54) is 45.6 Å². The fourth-order valence-electron chi connectivity index (χ4n) is 3.92. The minimum absolute atomic E-state index is 0.0152. The van der Waals surface area contributed by atoms with Gasteiger partial charge in [-0.1, -0.05) is 59.6 Å². The van der Waals surface area contributed by atoms with Gasteiger partial charge in [0, 0.05) is 6.42 Å². The van der Waals surface area contributed by atoms with Crippen LogP contribution in [-0.4, -0.2) is 44.3 Å². The summed E-state index contributed by atoms with van der Waals surface area (Å²) in [6, 6.07) is 15.9. The van der Waals surface area contributed by atoms with Gasteiger partial charge in [0.2, 0.25) is 0 Å². The average molecular weight is 532 g/mol. The van der Waals surface area contributed by atoms with Gasteiger partial charge >= 0.3 is 11.9 Å². The molecule has 3 rings (SSSR count). The number of benzene rings is 3. The summed E-state index contributed by atoms with van der Waals surface area (Å²) in [5, 5.41) is 12.5. The monoisotopic (exact) mass is 531 g/mol. The van der Waals surface area contributed by atoms with Crippen molar-refractivity contribution >= 4 is 41.0 Å². The van der Waals surface area contributed by atoms with E-state index in [0.717, 1.165) is 0 Å². The molecule has 1 amide bonds. The fourth-order valence-corrected chi connectivity index (χ4v) is 4.49. The SMILES string of the molecule is COC(=O)[C@](Cc1ccccc1)(NC(=O)c1c(Cl)cccc1Cl)c1c(OC)cc(C(=O)O)cc1OC. The van der Waals surface area contributed by atoms with Gasteiger partial charge in [0.1, 0.15) is 11.5 Å². The number of rotatable bonds is 9. The number of ether oxygens (including phenoxy) is 3. The van der Waals surface area contributed by atoms with Gasteiger partial charge in [0.15, 0.2) is 5.54 Å².